The van der Waals surface area contributed by atoms with Crippen LogP contribution in [-0.2, 0) is 26.2 Å². The smallest absolute Gasteiger partial charge is 1.00 e. The third kappa shape index (κ3) is 7.72. The second-order valence-corrected chi connectivity index (χ2v) is 5.73. The van der Waals surface area contributed by atoms with Crippen LogP contribution in [0.15, 0.2) is 103 Å². The van der Waals surface area contributed by atoms with Crippen molar-refractivity contribution in [1.82, 2.24) is 0 Å². The molecule has 0 aromatic heterocycles. The van der Waals surface area contributed by atoms with Crippen LogP contribution in [0.2, 0.25) is 0 Å². The van der Waals surface area contributed by atoms with E-state index in [1.54, 1.807) is 0 Å². The van der Waals surface area contributed by atoms with Crippen LogP contribution in [0, 0.1) is 6.08 Å². The molecule has 0 heterocycles. The van der Waals surface area contributed by atoms with Crippen LogP contribution >= 0.6 is 0 Å². The summed E-state index contributed by atoms with van der Waals surface area (Å²) in [5, 5.41) is 5.39. The molecule has 5 rings (SSSR count). The number of benzene rings is 3. The molecule has 4 aromatic carbocycles. The van der Waals surface area contributed by atoms with Crippen LogP contribution in [-0.4, -0.2) is 0 Å². The first-order valence-corrected chi connectivity index (χ1v) is 8.40. The van der Waals surface area contributed by atoms with Gasteiger partial charge in [0, 0.05) is 5.69 Å². The third-order valence-corrected chi connectivity index (χ3v) is 3.91. The van der Waals surface area contributed by atoms with E-state index in [1.165, 1.54) is 21.5 Å². The average Bonchev–Trinajstić information content (AvgIpc) is 3.34. The molecule has 0 saturated heterocycles. The van der Waals surface area contributed by atoms with Crippen molar-refractivity contribution in [2.24, 2.45) is 0 Å². The molecule has 4 heteroatoms. The fourth-order valence-corrected chi connectivity index (χ4v) is 2.70. The fourth-order valence-electron chi connectivity index (χ4n) is 2.70. The van der Waals surface area contributed by atoms with E-state index in [-0.39, 0.29) is 51.0 Å². The number of hydrogen-bond acceptors (Lipinski definition) is 1. The summed E-state index contributed by atoms with van der Waals surface area (Å²) in [6, 6.07) is 28.8. The Morgan fingerprint density at radius 2 is 1.21 bits per heavy atom. The number of fused-ring (bicyclic) bond motifs is 3. The van der Waals surface area contributed by atoms with Crippen LogP contribution in [0.5, 0.6) is 0 Å². The van der Waals surface area contributed by atoms with E-state index < -0.39 is 0 Å². The molecular formula is C24H21Cl2NZr. The molecule has 28 heavy (non-hydrogen) atoms. The second kappa shape index (κ2) is 14.3. The average molecular weight is 486 g/mol. The fraction of sp³-hybridized carbons (Fsp3) is 0.0417. The SMILES string of the molecule is Nc1ccccc1.[C-]1=CC=CC1.[Cl-].[Cl-].[Zr+4].c1ccc2c(c1)[cH-]c1ccccc12. The second-order valence-electron chi connectivity index (χ2n) is 5.73. The number of nitrogen functional groups attached to an aromatic ring is 1. The molecule has 1 aliphatic rings. The van der Waals surface area contributed by atoms with Gasteiger partial charge in [-0.2, -0.15) is 6.08 Å². The van der Waals surface area contributed by atoms with Crippen LogP contribution < -0.4 is 30.5 Å². The summed E-state index contributed by atoms with van der Waals surface area (Å²) in [7, 11) is 0. The predicted octanol–water partition coefficient (Wildman–Crippen LogP) is 0.292. The molecule has 0 saturated carbocycles. The van der Waals surface area contributed by atoms with Gasteiger partial charge in [-0.25, -0.2) is 12.2 Å². The van der Waals surface area contributed by atoms with Gasteiger partial charge in [-0.15, -0.1) is 46.2 Å². The summed E-state index contributed by atoms with van der Waals surface area (Å²) < 4.78 is 0. The van der Waals surface area contributed by atoms with Gasteiger partial charge in [-0.05, 0) is 12.1 Å². The molecule has 0 amide bonds. The molecule has 1 nitrogen and oxygen atoms in total. The maximum absolute atomic E-state index is 5.36. The van der Waals surface area contributed by atoms with Gasteiger partial charge in [-0.1, -0.05) is 54.6 Å². The van der Waals surface area contributed by atoms with Crippen molar-refractivity contribution < 1.29 is 51.0 Å². The van der Waals surface area contributed by atoms with E-state index in [0.717, 1.165) is 12.1 Å². The molecule has 0 bridgehead atoms. The Kier molecular flexibility index (Phi) is 13.4. The van der Waals surface area contributed by atoms with Crippen LogP contribution in [0.4, 0.5) is 5.69 Å². The van der Waals surface area contributed by atoms with Crippen molar-refractivity contribution in [2.45, 2.75) is 6.42 Å². The largest absolute Gasteiger partial charge is 4.00 e. The Hall–Kier alpha value is -1.73. The topological polar surface area (TPSA) is 26.0 Å². The number of rotatable bonds is 0. The Bertz CT molecular complexity index is 931. The zero-order chi connectivity index (χ0) is 17.3. The van der Waals surface area contributed by atoms with Gasteiger partial charge in [0.2, 0.25) is 0 Å². The van der Waals surface area contributed by atoms with E-state index in [1.807, 2.05) is 42.5 Å². The minimum Gasteiger partial charge on any atom is -1.00 e. The molecule has 2 N–H and O–H groups in total. The standard InChI is InChI=1S/C13H9.C6H7N.C5H5.2ClH.Zr/c1-3-7-12-10(5-1)9-11-6-2-4-8-13(11)12;7-6-4-2-1-3-5-6;1-2-4-5-3-1;;;/h1-9H;1-5H,7H2;1-3H,4H2;2*1H;/q-1;;-1;;;+4/p-2. The Balaban J connectivity index is 0.000000419. The number of nitrogens with two attached hydrogens (primary N) is 1. The summed E-state index contributed by atoms with van der Waals surface area (Å²) in [4.78, 5) is 0. The summed E-state index contributed by atoms with van der Waals surface area (Å²) in [5.74, 6) is 0. The summed E-state index contributed by atoms with van der Waals surface area (Å²) in [5.41, 5.74) is 6.18. The van der Waals surface area contributed by atoms with Crippen LogP contribution in [0.3, 0.4) is 0 Å². The first kappa shape index (κ1) is 26.3. The normalized spacial score (nSPS) is 10.4. The van der Waals surface area contributed by atoms with Gasteiger partial charge in [0.15, 0.2) is 0 Å². The van der Waals surface area contributed by atoms with Crippen molar-refractivity contribution in [3.63, 3.8) is 0 Å². The molecule has 0 fully saturated rings. The summed E-state index contributed by atoms with van der Waals surface area (Å²) in [6.07, 6.45) is 10.0. The number of anilines is 1. The minimum atomic E-state index is 0. The van der Waals surface area contributed by atoms with Crippen molar-refractivity contribution in [3.8, 4) is 0 Å². The molecule has 0 radical (unpaired) electrons. The monoisotopic (exact) mass is 483 g/mol. The van der Waals surface area contributed by atoms with E-state index in [2.05, 4.69) is 66.7 Å². The van der Waals surface area contributed by atoms with Crippen molar-refractivity contribution in [2.75, 3.05) is 5.73 Å². The Labute approximate surface area is 198 Å². The molecule has 4 aromatic rings. The Morgan fingerprint density at radius 1 is 0.714 bits per heavy atom. The van der Waals surface area contributed by atoms with Gasteiger partial charge in [0.25, 0.3) is 0 Å². The van der Waals surface area contributed by atoms with Crippen molar-refractivity contribution in [1.29, 1.82) is 0 Å². The van der Waals surface area contributed by atoms with Crippen molar-refractivity contribution >= 4 is 27.2 Å². The molecule has 0 aliphatic heterocycles. The third-order valence-electron chi connectivity index (χ3n) is 3.91. The maximum Gasteiger partial charge on any atom is 4.00 e. The van der Waals surface area contributed by atoms with Gasteiger partial charge in [0.05, 0.1) is 0 Å². The molecule has 0 spiro atoms. The van der Waals surface area contributed by atoms with Gasteiger partial charge in [0.1, 0.15) is 0 Å². The van der Waals surface area contributed by atoms with E-state index >= 15 is 0 Å². The van der Waals surface area contributed by atoms with Crippen LogP contribution in [0.1, 0.15) is 6.42 Å². The van der Waals surface area contributed by atoms with Crippen LogP contribution in [0.25, 0.3) is 21.5 Å². The van der Waals surface area contributed by atoms with Crippen molar-refractivity contribution in [3.05, 3.63) is 109 Å². The molecule has 0 unspecified atom stereocenters. The maximum atomic E-state index is 5.36. The predicted molar refractivity (Wildman–Crippen MR) is 109 cm³/mol. The summed E-state index contributed by atoms with van der Waals surface area (Å²) >= 11 is 0. The van der Waals surface area contributed by atoms with E-state index in [0.29, 0.717) is 0 Å². The Morgan fingerprint density at radius 3 is 1.57 bits per heavy atom. The quantitative estimate of drug-likeness (QED) is 0.281. The van der Waals surface area contributed by atoms with Gasteiger partial charge in [-0.3, -0.25) is 6.08 Å². The first-order chi connectivity index (χ1) is 12.3. The zero-order valence-electron chi connectivity index (χ0n) is 15.4. The number of halogens is 2. The molecule has 1 aliphatic carbocycles. The number of allylic oxidation sites excluding steroid dienone is 4. The molecule has 0 atom stereocenters. The van der Waals surface area contributed by atoms with E-state index in [9.17, 15) is 0 Å². The first-order valence-electron chi connectivity index (χ1n) is 8.40. The van der Waals surface area contributed by atoms with Gasteiger partial charge < -0.3 is 30.5 Å². The van der Waals surface area contributed by atoms with E-state index in [4.69, 9.17) is 5.73 Å². The molecular weight excluding hydrogens is 464 g/mol. The summed E-state index contributed by atoms with van der Waals surface area (Å²) in [6.45, 7) is 0. The zero-order valence-corrected chi connectivity index (χ0v) is 19.3. The number of hydrogen-bond donors (Lipinski definition) is 1. The minimum absolute atomic E-state index is 0. The number of para-hydroxylation sites is 1. The molecule has 140 valence electrons. The van der Waals surface area contributed by atoms with Gasteiger partial charge >= 0.3 is 26.2 Å².